The topological polar surface area (TPSA) is 111 Å². The summed E-state index contributed by atoms with van der Waals surface area (Å²) < 4.78 is 5.72. The monoisotopic (exact) mass is 396 g/mol. The third-order valence-corrected chi connectivity index (χ3v) is 4.78. The lowest BCUT2D eigenvalue weighted by Crippen LogP contribution is -2.15. The predicted molar refractivity (Wildman–Crippen MR) is 105 cm³/mol. The number of nitrogens with one attached hydrogen (secondary N) is 1. The summed E-state index contributed by atoms with van der Waals surface area (Å²) in [6, 6.07) is 11.8. The zero-order chi connectivity index (χ0) is 19.7. The first-order valence-corrected chi connectivity index (χ1v) is 9.19. The molecule has 1 saturated carbocycles. The fourth-order valence-corrected chi connectivity index (χ4v) is 2.91. The van der Waals surface area contributed by atoms with Crippen LogP contribution < -0.4 is 16.2 Å². The molecule has 7 nitrogen and oxygen atoms in total. The Labute approximate surface area is 165 Å². The van der Waals surface area contributed by atoms with Crippen molar-refractivity contribution in [3.05, 3.63) is 63.5 Å². The molecule has 0 bridgehead atoms. The maximum absolute atomic E-state index is 12.1. The van der Waals surface area contributed by atoms with E-state index in [1.807, 2.05) is 12.1 Å². The first-order valence-electron chi connectivity index (χ1n) is 8.81. The van der Waals surface area contributed by atoms with Gasteiger partial charge in [-0.2, -0.15) is 4.98 Å². The van der Waals surface area contributed by atoms with E-state index in [-0.39, 0.29) is 17.2 Å². The Morgan fingerprint density at radius 2 is 1.93 bits per heavy atom. The van der Waals surface area contributed by atoms with E-state index in [4.69, 9.17) is 22.1 Å². The Morgan fingerprint density at radius 1 is 1.18 bits per heavy atom. The molecule has 3 aromatic rings. The molecule has 0 unspecified atom stereocenters. The van der Waals surface area contributed by atoms with Gasteiger partial charge in [-0.15, -0.1) is 0 Å². The van der Waals surface area contributed by atoms with Gasteiger partial charge in [0, 0.05) is 16.7 Å². The summed E-state index contributed by atoms with van der Waals surface area (Å²) in [6.07, 6.45) is 2.45. The summed E-state index contributed by atoms with van der Waals surface area (Å²) in [5, 5.41) is 0.328. The Hall–Kier alpha value is -3.19. The van der Waals surface area contributed by atoms with Gasteiger partial charge in [-0.1, -0.05) is 11.6 Å². The number of carbonyl (C=O) groups is 1. The van der Waals surface area contributed by atoms with Crippen molar-refractivity contribution in [3.8, 4) is 28.5 Å². The number of hydrogen-bond donors (Lipinski definition) is 2. The number of aromatic nitrogens is 3. The number of amides is 1. The summed E-state index contributed by atoms with van der Waals surface area (Å²) in [5.74, 6) is 1.28. The molecule has 0 spiro atoms. The Bertz CT molecular complexity index is 1090. The highest BCUT2D eigenvalue weighted by molar-refractivity contribution is 6.33. The fraction of sp³-hybridized carbons (Fsp3) is 0.200. The number of carbonyl (C=O) groups excluding carboxylic acids is 1. The van der Waals surface area contributed by atoms with Crippen LogP contribution in [-0.2, 0) is 0 Å². The van der Waals surface area contributed by atoms with E-state index in [0.29, 0.717) is 22.1 Å². The zero-order valence-corrected chi connectivity index (χ0v) is 15.6. The number of primary amides is 1. The molecular weight excluding hydrogens is 380 g/mol. The highest BCUT2D eigenvalue weighted by Crippen LogP contribution is 2.30. The number of halogens is 1. The van der Waals surface area contributed by atoms with E-state index in [0.717, 1.165) is 12.4 Å². The van der Waals surface area contributed by atoms with Crippen molar-refractivity contribution in [2.75, 3.05) is 6.61 Å². The summed E-state index contributed by atoms with van der Waals surface area (Å²) in [4.78, 5) is 34.4. The number of H-pyrrole nitrogens is 1. The summed E-state index contributed by atoms with van der Waals surface area (Å²) in [7, 11) is 0. The second-order valence-electron chi connectivity index (χ2n) is 6.66. The predicted octanol–water partition coefficient (Wildman–Crippen LogP) is 3.04. The molecule has 0 radical (unpaired) electrons. The number of benzene rings is 2. The SMILES string of the molecule is NC(=O)c1ccc(Cl)c(-c2nc(-c3ccc(OCC4CC4)cc3)nc(=O)[nH]2)c1. The molecule has 1 aliphatic carbocycles. The molecule has 142 valence electrons. The van der Waals surface area contributed by atoms with Crippen molar-refractivity contribution in [1.82, 2.24) is 15.0 Å². The summed E-state index contributed by atoms with van der Waals surface area (Å²) in [5.41, 5.74) is 6.06. The van der Waals surface area contributed by atoms with E-state index >= 15 is 0 Å². The van der Waals surface area contributed by atoms with E-state index < -0.39 is 11.6 Å². The molecule has 1 heterocycles. The average molecular weight is 397 g/mol. The minimum Gasteiger partial charge on any atom is -0.493 e. The van der Waals surface area contributed by atoms with Crippen molar-refractivity contribution >= 4 is 17.5 Å². The number of nitrogens with two attached hydrogens (primary N) is 1. The molecule has 8 heteroatoms. The quantitative estimate of drug-likeness (QED) is 0.665. The molecule has 0 atom stereocenters. The molecule has 3 N–H and O–H groups in total. The van der Waals surface area contributed by atoms with Gasteiger partial charge in [0.2, 0.25) is 5.91 Å². The van der Waals surface area contributed by atoms with Gasteiger partial charge in [0.25, 0.3) is 0 Å². The lowest BCUT2D eigenvalue weighted by Gasteiger charge is -2.08. The van der Waals surface area contributed by atoms with Gasteiger partial charge in [0.1, 0.15) is 11.6 Å². The number of nitrogens with zero attached hydrogens (tertiary/aromatic N) is 2. The van der Waals surface area contributed by atoms with Crippen LogP contribution in [0.3, 0.4) is 0 Å². The lowest BCUT2D eigenvalue weighted by molar-refractivity contribution is 0.100. The second-order valence-corrected chi connectivity index (χ2v) is 7.07. The van der Waals surface area contributed by atoms with Gasteiger partial charge in [-0.25, -0.2) is 9.78 Å². The van der Waals surface area contributed by atoms with Gasteiger partial charge in [-0.3, -0.25) is 9.78 Å². The van der Waals surface area contributed by atoms with Crippen LogP contribution >= 0.6 is 11.6 Å². The normalized spacial score (nSPS) is 13.3. The number of aromatic amines is 1. The van der Waals surface area contributed by atoms with Crippen LogP contribution in [0, 0.1) is 5.92 Å². The minimum absolute atomic E-state index is 0.206. The van der Waals surface area contributed by atoms with Crippen LogP contribution in [0.5, 0.6) is 5.75 Å². The largest absolute Gasteiger partial charge is 0.493 e. The molecule has 0 saturated heterocycles. The van der Waals surface area contributed by atoms with Crippen LogP contribution in [0.2, 0.25) is 5.02 Å². The van der Waals surface area contributed by atoms with Crippen LogP contribution in [0.1, 0.15) is 23.2 Å². The molecule has 28 heavy (non-hydrogen) atoms. The van der Waals surface area contributed by atoms with Crippen molar-refractivity contribution in [2.24, 2.45) is 11.7 Å². The summed E-state index contributed by atoms with van der Waals surface area (Å²) >= 11 is 6.22. The van der Waals surface area contributed by atoms with E-state index in [9.17, 15) is 9.59 Å². The van der Waals surface area contributed by atoms with Crippen molar-refractivity contribution in [1.29, 1.82) is 0 Å². The maximum Gasteiger partial charge on any atom is 0.348 e. The lowest BCUT2D eigenvalue weighted by atomic mass is 10.1. The van der Waals surface area contributed by atoms with E-state index in [1.165, 1.54) is 31.0 Å². The number of rotatable bonds is 6. The first-order chi connectivity index (χ1) is 13.5. The molecule has 1 fully saturated rings. The van der Waals surface area contributed by atoms with Crippen LogP contribution in [0.25, 0.3) is 22.8 Å². The second kappa shape index (κ2) is 7.44. The Morgan fingerprint density at radius 3 is 2.61 bits per heavy atom. The smallest absolute Gasteiger partial charge is 0.348 e. The van der Waals surface area contributed by atoms with Crippen molar-refractivity contribution < 1.29 is 9.53 Å². The van der Waals surface area contributed by atoms with Gasteiger partial charge in [0.05, 0.1) is 11.6 Å². The molecule has 2 aromatic carbocycles. The van der Waals surface area contributed by atoms with E-state index in [1.54, 1.807) is 12.1 Å². The number of ether oxygens (including phenoxy) is 1. The van der Waals surface area contributed by atoms with Gasteiger partial charge < -0.3 is 10.5 Å². The standard InChI is InChI=1S/C20H17ClN4O3/c21-16-8-5-13(17(22)26)9-15(16)19-23-18(24-20(27)25-19)12-3-6-14(7-4-12)28-10-11-1-2-11/h3-9,11H,1-2,10H2,(H2,22,26)(H,23,24,25,27). The van der Waals surface area contributed by atoms with Crippen LogP contribution in [-0.4, -0.2) is 27.5 Å². The van der Waals surface area contributed by atoms with Gasteiger partial charge in [-0.05, 0) is 61.2 Å². The molecule has 1 amide bonds. The summed E-state index contributed by atoms with van der Waals surface area (Å²) in [6.45, 7) is 0.722. The van der Waals surface area contributed by atoms with Crippen LogP contribution in [0.4, 0.5) is 0 Å². The Balaban J connectivity index is 1.66. The van der Waals surface area contributed by atoms with Gasteiger partial charge in [0.15, 0.2) is 5.82 Å². The minimum atomic E-state index is -0.601. The van der Waals surface area contributed by atoms with Crippen molar-refractivity contribution in [3.63, 3.8) is 0 Å². The number of hydrogen-bond acceptors (Lipinski definition) is 5. The molecule has 0 aliphatic heterocycles. The average Bonchev–Trinajstić information content (AvgIpc) is 3.51. The molecule has 1 aliphatic rings. The van der Waals surface area contributed by atoms with Crippen molar-refractivity contribution in [2.45, 2.75) is 12.8 Å². The third-order valence-electron chi connectivity index (χ3n) is 4.45. The highest BCUT2D eigenvalue weighted by atomic mass is 35.5. The molecular formula is C20H17ClN4O3. The molecule has 4 rings (SSSR count). The van der Waals surface area contributed by atoms with Crippen LogP contribution in [0.15, 0.2) is 47.3 Å². The van der Waals surface area contributed by atoms with E-state index in [2.05, 4.69) is 15.0 Å². The Kier molecular flexibility index (Phi) is 4.83. The fourth-order valence-electron chi connectivity index (χ4n) is 2.70. The van der Waals surface area contributed by atoms with Gasteiger partial charge >= 0.3 is 5.69 Å². The highest BCUT2D eigenvalue weighted by Gasteiger charge is 2.21. The first kappa shape index (κ1) is 18.2. The zero-order valence-electron chi connectivity index (χ0n) is 14.8. The molecule has 1 aromatic heterocycles. The maximum atomic E-state index is 12.1. The third kappa shape index (κ3) is 4.04.